The number of anilines is 3. The number of para-hydroxylation sites is 2. The molecule has 0 saturated heterocycles. The first-order chi connectivity index (χ1) is 9.81. The molecule has 1 aliphatic rings. The van der Waals surface area contributed by atoms with Gasteiger partial charge in [0.15, 0.2) is 0 Å². The molecule has 2 aromatic rings. The quantitative estimate of drug-likeness (QED) is 0.926. The van der Waals surface area contributed by atoms with Gasteiger partial charge in [-0.2, -0.15) is 0 Å². The van der Waals surface area contributed by atoms with Crippen molar-refractivity contribution < 1.29 is 0 Å². The molecule has 0 spiro atoms. The molecule has 4 heteroatoms. The van der Waals surface area contributed by atoms with Crippen LogP contribution >= 0.6 is 0 Å². The van der Waals surface area contributed by atoms with E-state index in [1.165, 1.54) is 16.9 Å². The Kier molecular flexibility index (Phi) is 3.56. The van der Waals surface area contributed by atoms with Gasteiger partial charge >= 0.3 is 0 Å². The molecule has 0 radical (unpaired) electrons. The highest BCUT2D eigenvalue weighted by atomic mass is 15.3. The molecule has 2 heterocycles. The summed E-state index contributed by atoms with van der Waals surface area (Å²) < 4.78 is 0. The van der Waals surface area contributed by atoms with E-state index in [9.17, 15) is 0 Å². The summed E-state index contributed by atoms with van der Waals surface area (Å²) in [6.45, 7) is 2.80. The molecule has 0 atom stereocenters. The molecule has 0 aliphatic carbocycles. The molecule has 1 aromatic heterocycles. The summed E-state index contributed by atoms with van der Waals surface area (Å²) >= 11 is 0. The van der Waals surface area contributed by atoms with Gasteiger partial charge in [0.05, 0.1) is 11.4 Å². The smallest absolute Gasteiger partial charge is 0.137 e. The van der Waals surface area contributed by atoms with Gasteiger partial charge < -0.3 is 15.1 Å². The molecule has 1 N–H and O–H groups in total. The van der Waals surface area contributed by atoms with E-state index in [-0.39, 0.29) is 0 Å². The molecule has 0 bridgehead atoms. The standard InChI is InChI=1S/C16H20N4/c1-17-12-13-6-5-9-18-16(13)20-11-10-19(2)14-7-3-4-8-15(14)20/h3-9,17H,10-12H2,1-2H3. The highest BCUT2D eigenvalue weighted by Crippen LogP contribution is 2.36. The minimum absolute atomic E-state index is 0.831. The van der Waals surface area contributed by atoms with E-state index in [1.807, 2.05) is 19.3 Å². The zero-order valence-corrected chi connectivity index (χ0v) is 12.0. The Bertz CT molecular complexity index is 597. The van der Waals surface area contributed by atoms with Gasteiger partial charge in [-0.05, 0) is 25.2 Å². The Morgan fingerprint density at radius 1 is 1.10 bits per heavy atom. The topological polar surface area (TPSA) is 31.4 Å². The lowest BCUT2D eigenvalue weighted by molar-refractivity contribution is 0.781. The molecule has 104 valence electrons. The number of nitrogens with zero attached hydrogens (tertiary/aromatic N) is 3. The van der Waals surface area contributed by atoms with E-state index >= 15 is 0 Å². The number of benzene rings is 1. The minimum atomic E-state index is 0.831. The normalized spacial score (nSPS) is 14.3. The fourth-order valence-electron chi connectivity index (χ4n) is 2.73. The van der Waals surface area contributed by atoms with Crippen molar-refractivity contribution in [2.75, 3.05) is 37.0 Å². The maximum absolute atomic E-state index is 4.61. The number of fused-ring (bicyclic) bond motifs is 1. The summed E-state index contributed by atoms with van der Waals surface area (Å²) in [6.07, 6.45) is 1.87. The molecule has 0 fully saturated rings. The van der Waals surface area contributed by atoms with E-state index < -0.39 is 0 Å². The number of aromatic nitrogens is 1. The Morgan fingerprint density at radius 3 is 2.70 bits per heavy atom. The third-order valence-electron chi connectivity index (χ3n) is 3.73. The van der Waals surface area contributed by atoms with Crippen molar-refractivity contribution >= 4 is 17.2 Å². The maximum Gasteiger partial charge on any atom is 0.137 e. The van der Waals surface area contributed by atoms with Crippen molar-refractivity contribution in [1.82, 2.24) is 10.3 Å². The third-order valence-corrected chi connectivity index (χ3v) is 3.73. The number of hydrogen-bond donors (Lipinski definition) is 1. The van der Waals surface area contributed by atoms with Gasteiger partial charge in [0.25, 0.3) is 0 Å². The summed E-state index contributed by atoms with van der Waals surface area (Å²) in [5, 5.41) is 3.22. The molecule has 20 heavy (non-hydrogen) atoms. The predicted molar refractivity (Wildman–Crippen MR) is 83.7 cm³/mol. The highest BCUT2D eigenvalue weighted by molar-refractivity contribution is 5.78. The van der Waals surface area contributed by atoms with Crippen LogP contribution in [0.4, 0.5) is 17.2 Å². The third kappa shape index (κ3) is 2.23. The lowest BCUT2D eigenvalue weighted by Gasteiger charge is -2.37. The van der Waals surface area contributed by atoms with E-state index in [0.29, 0.717) is 0 Å². The number of nitrogens with one attached hydrogen (secondary N) is 1. The number of pyridine rings is 1. The van der Waals surface area contributed by atoms with Crippen LogP contribution in [0.3, 0.4) is 0 Å². The lowest BCUT2D eigenvalue weighted by atomic mass is 10.1. The van der Waals surface area contributed by atoms with Crippen LogP contribution in [-0.2, 0) is 6.54 Å². The van der Waals surface area contributed by atoms with Crippen molar-refractivity contribution in [2.24, 2.45) is 0 Å². The van der Waals surface area contributed by atoms with Gasteiger partial charge in [0.1, 0.15) is 5.82 Å². The van der Waals surface area contributed by atoms with Crippen molar-refractivity contribution in [2.45, 2.75) is 6.54 Å². The van der Waals surface area contributed by atoms with Gasteiger partial charge in [-0.25, -0.2) is 4.98 Å². The maximum atomic E-state index is 4.61. The van der Waals surface area contributed by atoms with Crippen LogP contribution in [0.2, 0.25) is 0 Å². The summed E-state index contributed by atoms with van der Waals surface area (Å²) in [6, 6.07) is 12.7. The Balaban J connectivity index is 2.06. The van der Waals surface area contributed by atoms with Gasteiger partial charge in [-0.15, -0.1) is 0 Å². The Labute approximate surface area is 120 Å². The molecule has 0 amide bonds. The second-order valence-electron chi connectivity index (χ2n) is 5.08. The summed E-state index contributed by atoms with van der Waals surface area (Å²) in [5.74, 6) is 1.06. The first-order valence-electron chi connectivity index (χ1n) is 6.97. The van der Waals surface area contributed by atoms with E-state index in [2.05, 4.69) is 57.5 Å². The molecule has 1 aromatic carbocycles. The molecule has 1 aliphatic heterocycles. The Morgan fingerprint density at radius 2 is 1.90 bits per heavy atom. The van der Waals surface area contributed by atoms with Crippen LogP contribution in [0, 0.1) is 0 Å². The summed E-state index contributed by atoms with van der Waals surface area (Å²) in [7, 11) is 4.11. The highest BCUT2D eigenvalue weighted by Gasteiger charge is 2.23. The summed E-state index contributed by atoms with van der Waals surface area (Å²) in [5.41, 5.74) is 3.73. The number of likely N-dealkylation sites (N-methyl/N-ethyl adjacent to an activating group) is 1. The van der Waals surface area contributed by atoms with Crippen LogP contribution in [-0.4, -0.2) is 32.2 Å². The van der Waals surface area contributed by atoms with Crippen molar-refractivity contribution in [1.29, 1.82) is 0 Å². The second kappa shape index (κ2) is 5.51. The molecule has 4 nitrogen and oxygen atoms in total. The zero-order chi connectivity index (χ0) is 13.9. The number of rotatable bonds is 3. The monoisotopic (exact) mass is 268 g/mol. The molecular weight excluding hydrogens is 248 g/mol. The molecule has 3 rings (SSSR count). The van der Waals surface area contributed by atoms with Crippen LogP contribution < -0.4 is 15.1 Å². The van der Waals surface area contributed by atoms with Crippen LogP contribution in [0.25, 0.3) is 0 Å². The van der Waals surface area contributed by atoms with Crippen molar-refractivity contribution in [3.63, 3.8) is 0 Å². The molecule has 0 unspecified atom stereocenters. The lowest BCUT2D eigenvalue weighted by Crippen LogP contribution is -2.37. The van der Waals surface area contributed by atoms with Gasteiger partial charge in [0.2, 0.25) is 0 Å². The van der Waals surface area contributed by atoms with Crippen molar-refractivity contribution in [3.8, 4) is 0 Å². The van der Waals surface area contributed by atoms with Gasteiger partial charge in [-0.1, -0.05) is 18.2 Å². The average molecular weight is 268 g/mol. The molecular formula is C16H20N4. The molecule has 0 saturated carbocycles. The van der Waals surface area contributed by atoms with E-state index in [0.717, 1.165) is 25.5 Å². The van der Waals surface area contributed by atoms with Gasteiger partial charge in [0, 0.05) is 38.4 Å². The minimum Gasteiger partial charge on any atom is -0.371 e. The predicted octanol–water partition coefficient (Wildman–Crippen LogP) is 2.39. The fraction of sp³-hybridized carbons (Fsp3) is 0.312. The average Bonchev–Trinajstić information content (AvgIpc) is 2.49. The first kappa shape index (κ1) is 12.9. The van der Waals surface area contributed by atoms with Crippen LogP contribution in [0.1, 0.15) is 5.56 Å². The SMILES string of the molecule is CNCc1cccnc1N1CCN(C)c2ccccc21. The van der Waals surface area contributed by atoms with Crippen molar-refractivity contribution in [3.05, 3.63) is 48.2 Å². The summed E-state index contributed by atoms with van der Waals surface area (Å²) in [4.78, 5) is 9.23. The van der Waals surface area contributed by atoms with E-state index in [4.69, 9.17) is 0 Å². The Hall–Kier alpha value is -2.07. The largest absolute Gasteiger partial charge is 0.371 e. The fourth-order valence-corrected chi connectivity index (χ4v) is 2.73. The van der Waals surface area contributed by atoms with Crippen LogP contribution in [0.15, 0.2) is 42.6 Å². The zero-order valence-electron chi connectivity index (χ0n) is 12.0. The first-order valence-corrected chi connectivity index (χ1v) is 6.97. The number of hydrogen-bond acceptors (Lipinski definition) is 4. The second-order valence-corrected chi connectivity index (χ2v) is 5.08. The van der Waals surface area contributed by atoms with Crippen LogP contribution in [0.5, 0.6) is 0 Å². The van der Waals surface area contributed by atoms with E-state index in [1.54, 1.807) is 0 Å². The van der Waals surface area contributed by atoms with Gasteiger partial charge in [-0.3, -0.25) is 0 Å².